The number of nitrogens with zero attached hydrogens (tertiary/aromatic N) is 2. The van der Waals surface area contributed by atoms with Gasteiger partial charge in [0.1, 0.15) is 0 Å². The number of anilines is 2. The summed E-state index contributed by atoms with van der Waals surface area (Å²) in [5, 5.41) is 5.95. The molecule has 1 aromatic heterocycles. The Kier molecular flexibility index (Phi) is 5.27. The van der Waals surface area contributed by atoms with Crippen LogP contribution in [0.5, 0.6) is 0 Å². The largest absolute Gasteiger partial charge is 0.326 e. The van der Waals surface area contributed by atoms with Gasteiger partial charge in [-0.05, 0) is 42.1 Å². The molecule has 0 saturated carbocycles. The predicted molar refractivity (Wildman–Crippen MR) is 105 cm³/mol. The fourth-order valence-electron chi connectivity index (χ4n) is 2.66. The second-order valence-electron chi connectivity index (χ2n) is 5.91. The highest BCUT2D eigenvalue weighted by Gasteiger charge is 2.17. The van der Waals surface area contributed by atoms with Crippen LogP contribution < -0.4 is 10.6 Å². The number of imidazole rings is 1. The van der Waals surface area contributed by atoms with Crippen LogP contribution in [-0.2, 0) is 9.59 Å². The molecule has 3 rings (SSSR count). The summed E-state index contributed by atoms with van der Waals surface area (Å²) < 4.78 is 1.54. The molecule has 138 valence electrons. The van der Waals surface area contributed by atoms with E-state index in [2.05, 4.69) is 15.6 Å². The predicted octanol–water partition coefficient (Wildman–Crippen LogP) is 3.76. The number of hydrogen-bond acceptors (Lipinski definition) is 5. The average molecular weight is 382 g/mol. The highest BCUT2D eigenvalue weighted by Crippen LogP contribution is 2.36. The van der Waals surface area contributed by atoms with Crippen LogP contribution in [0.15, 0.2) is 52.5 Å². The molecule has 0 aliphatic rings. The molecule has 0 unspecified atom stereocenters. The van der Waals surface area contributed by atoms with Crippen molar-refractivity contribution in [3.05, 3.63) is 42.5 Å². The number of fused-ring (bicyclic) bond motifs is 1. The SMILES string of the molecule is CC(=O)Nc1ccc(Sc2nc3ccccc3n2C(C)=O)c(NC(C)=O)c1. The van der Waals surface area contributed by atoms with E-state index < -0.39 is 0 Å². The number of carbonyl (C=O) groups is 3. The monoisotopic (exact) mass is 382 g/mol. The van der Waals surface area contributed by atoms with Crippen molar-refractivity contribution in [1.82, 2.24) is 9.55 Å². The van der Waals surface area contributed by atoms with Crippen LogP contribution >= 0.6 is 11.8 Å². The zero-order valence-corrected chi connectivity index (χ0v) is 15.9. The summed E-state index contributed by atoms with van der Waals surface area (Å²) >= 11 is 1.27. The molecule has 0 atom stereocenters. The molecule has 1 heterocycles. The van der Waals surface area contributed by atoms with E-state index >= 15 is 0 Å². The molecular formula is C19H18N4O3S. The number of hydrogen-bond donors (Lipinski definition) is 2. The molecule has 2 aromatic carbocycles. The van der Waals surface area contributed by atoms with E-state index in [9.17, 15) is 14.4 Å². The maximum Gasteiger partial charge on any atom is 0.230 e. The van der Waals surface area contributed by atoms with Crippen molar-refractivity contribution < 1.29 is 14.4 Å². The van der Waals surface area contributed by atoms with Gasteiger partial charge in [0, 0.05) is 31.4 Å². The average Bonchev–Trinajstić information content (AvgIpc) is 2.94. The van der Waals surface area contributed by atoms with Gasteiger partial charge in [-0.1, -0.05) is 12.1 Å². The lowest BCUT2D eigenvalue weighted by atomic mass is 10.2. The highest BCUT2D eigenvalue weighted by molar-refractivity contribution is 7.99. The summed E-state index contributed by atoms with van der Waals surface area (Å²) in [6, 6.07) is 12.6. The van der Waals surface area contributed by atoms with Gasteiger partial charge in [0.25, 0.3) is 0 Å². The molecule has 0 aliphatic carbocycles. The summed E-state index contributed by atoms with van der Waals surface area (Å²) in [6.45, 7) is 4.30. The zero-order chi connectivity index (χ0) is 19.6. The number of benzene rings is 2. The van der Waals surface area contributed by atoms with Crippen molar-refractivity contribution in [2.24, 2.45) is 0 Å². The van der Waals surface area contributed by atoms with E-state index in [1.54, 1.807) is 22.8 Å². The molecule has 0 fully saturated rings. The lowest BCUT2D eigenvalue weighted by Gasteiger charge is -2.12. The Morgan fingerprint density at radius 3 is 2.33 bits per heavy atom. The van der Waals surface area contributed by atoms with Gasteiger partial charge in [-0.3, -0.25) is 19.0 Å². The molecule has 27 heavy (non-hydrogen) atoms. The molecular weight excluding hydrogens is 364 g/mol. The summed E-state index contributed by atoms with van der Waals surface area (Å²) in [7, 11) is 0. The summed E-state index contributed by atoms with van der Waals surface area (Å²) in [4.78, 5) is 40.3. The molecule has 0 aliphatic heterocycles. The number of para-hydroxylation sites is 2. The second-order valence-corrected chi connectivity index (χ2v) is 6.92. The first-order valence-electron chi connectivity index (χ1n) is 8.20. The van der Waals surface area contributed by atoms with Crippen molar-refractivity contribution in [2.45, 2.75) is 30.8 Å². The van der Waals surface area contributed by atoms with Crippen LogP contribution in [-0.4, -0.2) is 27.3 Å². The van der Waals surface area contributed by atoms with Gasteiger partial charge >= 0.3 is 0 Å². The first kappa shape index (κ1) is 18.7. The van der Waals surface area contributed by atoms with Crippen molar-refractivity contribution >= 4 is 51.9 Å². The molecule has 0 radical (unpaired) electrons. The van der Waals surface area contributed by atoms with Crippen LogP contribution in [0.2, 0.25) is 0 Å². The van der Waals surface area contributed by atoms with E-state index in [1.165, 1.54) is 32.5 Å². The maximum absolute atomic E-state index is 12.2. The Morgan fingerprint density at radius 1 is 0.963 bits per heavy atom. The van der Waals surface area contributed by atoms with Crippen LogP contribution in [0.3, 0.4) is 0 Å². The Hall–Kier alpha value is -3.13. The van der Waals surface area contributed by atoms with E-state index in [0.717, 1.165) is 5.52 Å². The first-order chi connectivity index (χ1) is 12.8. The fourth-order valence-corrected chi connectivity index (χ4v) is 3.68. The molecule has 2 N–H and O–H groups in total. The first-order valence-corrected chi connectivity index (χ1v) is 9.02. The lowest BCUT2D eigenvalue weighted by Crippen LogP contribution is -2.10. The van der Waals surface area contributed by atoms with Crippen LogP contribution in [0.25, 0.3) is 11.0 Å². The Balaban J connectivity index is 2.05. The maximum atomic E-state index is 12.2. The minimum absolute atomic E-state index is 0.151. The molecule has 3 aromatic rings. The van der Waals surface area contributed by atoms with Crippen LogP contribution in [0.4, 0.5) is 11.4 Å². The topological polar surface area (TPSA) is 93.1 Å². The van der Waals surface area contributed by atoms with Gasteiger partial charge in [-0.15, -0.1) is 0 Å². The van der Waals surface area contributed by atoms with Gasteiger partial charge in [0.2, 0.25) is 17.7 Å². The van der Waals surface area contributed by atoms with Crippen molar-refractivity contribution in [3.63, 3.8) is 0 Å². The Bertz CT molecular complexity index is 1060. The smallest absolute Gasteiger partial charge is 0.230 e. The number of nitrogens with one attached hydrogen (secondary N) is 2. The number of carbonyl (C=O) groups excluding carboxylic acids is 3. The fraction of sp³-hybridized carbons (Fsp3) is 0.158. The van der Waals surface area contributed by atoms with Gasteiger partial charge < -0.3 is 10.6 Å². The molecule has 2 amide bonds. The molecule has 8 heteroatoms. The Labute approximate surface area is 160 Å². The standard InChI is InChI=1S/C19H18N4O3S/c1-11(24)20-14-8-9-18(16(10-14)21-12(2)25)27-19-22-15-6-4-5-7-17(15)23(19)13(3)26/h4-10H,1-3H3,(H,20,24)(H,21,25). The quantitative estimate of drug-likeness (QED) is 0.717. The van der Waals surface area contributed by atoms with Crippen LogP contribution in [0, 0.1) is 0 Å². The molecule has 0 bridgehead atoms. The third-order valence-electron chi connectivity index (χ3n) is 3.66. The van der Waals surface area contributed by atoms with Crippen molar-refractivity contribution in [1.29, 1.82) is 0 Å². The molecule has 0 spiro atoms. The van der Waals surface area contributed by atoms with Gasteiger partial charge in [-0.25, -0.2) is 4.98 Å². The zero-order valence-electron chi connectivity index (χ0n) is 15.1. The van der Waals surface area contributed by atoms with Gasteiger partial charge in [-0.2, -0.15) is 0 Å². The van der Waals surface area contributed by atoms with Crippen molar-refractivity contribution in [3.8, 4) is 0 Å². The highest BCUT2D eigenvalue weighted by atomic mass is 32.2. The van der Waals surface area contributed by atoms with Gasteiger partial charge in [0.05, 0.1) is 16.7 Å². The van der Waals surface area contributed by atoms with Crippen LogP contribution in [0.1, 0.15) is 25.6 Å². The Morgan fingerprint density at radius 2 is 1.67 bits per heavy atom. The third-order valence-corrected chi connectivity index (χ3v) is 4.69. The van der Waals surface area contributed by atoms with Crippen molar-refractivity contribution in [2.75, 3.05) is 10.6 Å². The second kappa shape index (κ2) is 7.63. The summed E-state index contributed by atoms with van der Waals surface area (Å²) in [5.41, 5.74) is 2.53. The van der Waals surface area contributed by atoms with E-state index in [0.29, 0.717) is 26.9 Å². The minimum atomic E-state index is -0.239. The molecule has 0 saturated heterocycles. The lowest BCUT2D eigenvalue weighted by molar-refractivity contribution is -0.115. The summed E-state index contributed by atoms with van der Waals surface area (Å²) in [6.07, 6.45) is 0. The van der Waals surface area contributed by atoms with E-state index in [1.807, 2.05) is 24.3 Å². The number of amides is 2. The number of rotatable bonds is 4. The normalized spacial score (nSPS) is 10.6. The number of aromatic nitrogens is 2. The van der Waals surface area contributed by atoms with E-state index in [-0.39, 0.29) is 17.7 Å². The minimum Gasteiger partial charge on any atom is -0.326 e. The van der Waals surface area contributed by atoms with E-state index in [4.69, 9.17) is 0 Å². The van der Waals surface area contributed by atoms with Gasteiger partial charge in [0.15, 0.2) is 5.16 Å². The summed E-state index contributed by atoms with van der Waals surface area (Å²) in [5.74, 6) is -0.596. The molecule has 7 nitrogen and oxygen atoms in total. The third kappa shape index (κ3) is 4.17.